The summed E-state index contributed by atoms with van der Waals surface area (Å²) in [4.78, 5) is 14.0. The number of rotatable bonds is 1. The minimum atomic E-state index is -0.141. The fourth-order valence-corrected chi connectivity index (χ4v) is 2.99. The highest BCUT2D eigenvalue weighted by molar-refractivity contribution is 5.68. The molecule has 1 N–H and O–H groups in total. The fraction of sp³-hybridized carbons (Fsp3) is 0.824. The lowest BCUT2D eigenvalue weighted by Gasteiger charge is -2.28. The molecule has 4 heteroatoms. The molecular formula is C17H30N2O2. The highest BCUT2D eigenvalue weighted by Gasteiger charge is 2.20. The van der Waals surface area contributed by atoms with Gasteiger partial charge in [0, 0.05) is 26.2 Å². The summed E-state index contributed by atoms with van der Waals surface area (Å²) in [6.45, 7) is 3.26. The van der Waals surface area contributed by atoms with E-state index in [1.807, 2.05) is 4.90 Å². The number of carbonyl (C=O) groups excluding carboxylic acids is 1. The van der Waals surface area contributed by atoms with Gasteiger partial charge in [-0.15, -0.1) is 0 Å². The molecule has 1 amide bonds. The fourth-order valence-electron chi connectivity index (χ4n) is 2.99. The maximum atomic E-state index is 12.2. The lowest BCUT2D eigenvalue weighted by molar-refractivity contribution is 0.0723. The first-order chi connectivity index (χ1) is 10.4. The maximum absolute atomic E-state index is 12.2. The molecule has 1 unspecified atom stereocenters. The number of amides is 1. The standard InChI is InChI=1S/C17H30N2O2/c20-17(19-14-12-18-13-15-19)21-16-10-8-6-4-2-1-3-5-7-9-11-16/h8,10,16,18H,1-7,9,11-15H2. The Labute approximate surface area is 128 Å². The number of nitrogens with zero attached hydrogens (tertiary/aromatic N) is 1. The van der Waals surface area contributed by atoms with Crippen molar-refractivity contribution in [2.45, 2.75) is 63.9 Å². The van der Waals surface area contributed by atoms with Crippen molar-refractivity contribution < 1.29 is 9.53 Å². The van der Waals surface area contributed by atoms with Gasteiger partial charge in [0.25, 0.3) is 0 Å². The Morgan fingerprint density at radius 2 is 1.67 bits per heavy atom. The van der Waals surface area contributed by atoms with Crippen LogP contribution in [-0.2, 0) is 4.74 Å². The summed E-state index contributed by atoms with van der Waals surface area (Å²) in [7, 11) is 0. The molecule has 2 aliphatic rings. The second kappa shape index (κ2) is 9.82. The first kappa shape index (κ1) is 16.3. The van der Waals surface area contributed by atoms with Gasteiger partial charge < -0.3 is 15.0 Å². The number of hydrogen-bond acceptors (Lipinski definition) is 3. The summed E-state index contributed by atoms with van der Waals surface area (Å²) in [5, 5.41) is 3.26. The van der Waals surface area contributed by atoms with E-state index in [0.29, 0.717) is 0 Å². The van der Waals surface area contributed by atoms with E-state index in [1.54, 1.807) is 0 Å². The lowest BCUT2D eigenvalue weighted by Crippen LogP contribution is -2.47. The Bertz CT molecular complexity index is 325. The van der Waals surface area contributed by atoms with Crippen molar-refractivity contribution in [2.75, 3.05) is 26.2 Å². The van der Waals surface area contributed by atoms with E-state index in [1.165, 1.54) is 38.5 Å². The van der Waals surface area contributed by atoms with Gasteiger partial charge in [-0.1, -0.05) is 38.2 Å². The normalized spacial score (nSPS) is 25.7. The van der Waals surface area contributed by atoms with Gasteiger partial charge in [-0.3, -0.25) is 0 Å². The summed E-state index contributed by atoms with van der Waals surface area (Å²) in [6, 6.07) is 0. The van der Waals surface area contributed by atoms with Gasteiger partial charge in [-0.25, -0.2) is 4.79 Å². The molecule has 0 radical (unpaired) electrons. The summed E-state index contributed by atoms with van der Waals surface area (Å²) >= 11 is 0. The molecule has 0 aromatic carbocycles. The second-order valence-corrected chi connectivity index (χ2v) is 6.14. The third-order valence-electron chi connectivity index (χ3n) is 4.34. The minimum absolute atomic E-state index is 0.0354. The Hall–Kier alpha value is -1.03. The Morgan fingerprint density at radius 1 is 1.00 bits per heavy atom. The van der Waals surface area contributed by atoms with E-state index in [2.05, 4.69) is 17.5 Å². The van der Waals surface area contributed by atoms with Crippen LogP contribution < -0.4 is 5.32 Å². The van der Waals surface area contributed by atoms with Gasteiger partial charge in [0.1, 0.15) is 6.10 Å². The zero-order valence-corrected chi connectivity index (χ0v) is 13.2. The number of piperazine rings is 1. The first-order valence-corrected chi connectivity index (χ1v) is 8.69. The van der Waals surface area contributed by atoms with Crippen molar-refractivity contribution in [3.8, 4) is 0 Å². The van der Waals surface area contributed by atoms with Crippen LogP contribution in [0, 0.1) is 0 Å². The predicted octanol–water partition coefficient (Wildman–Crippen LogP) is 3.48. The van der Waals surface area contributed by atoms with Crippen molar-refractivity contribution in [1.29, 1.82) is 0 Å². The zero-order chi connectivity index (χ0) is 14.8. The van der Waals surface area contributed by atoms with Gasteiger partial charge in [-0.05, 0) is 31.8 Å². The van der Waals surface area contributed by atoms with Crippen molar-refractivity contribution in [1.82, 2.24) is 10.2 Å². The molecule has 21 heavy (non-hydrogen) atoms. The zero-order valence-electron chi connectivity index (χ0n) is 13.2. The lowest BCUT2D eigenvalue weighted by atomic mass is 10.0. The highest BCUT2D eigenvalue weighted by atomic mass is 16.6. The Balaban J connectivity index is 1.81. The minimum Gasteiger partial charge on any atom is -0.442 e. The topological polar surface area (TPSA) is 41.6 Å². The number of carbonyl (C=O) groups is 1. The molecule has 1 aliphatic carbocycles. The second-order valence-electron chi connectivity index (χ2n) is 6.14. The van der Waals surface area contributed by atoms with Crippen LogP contribution in [-0.4, -0.2) is 43.3 Å². The summed E-state index contributed by atoms with van der Waals surface area (Å²) in [5.41, 5.74) is 0. The molecule has 1 heterocycles. The molecule has 120 valence electrons. The molecule has 0 aromatic rings. The largest absolute Gasteiger partial charge is 0.442 e. The van der Waals surface area contributed by atoms with Gasteiger partial charge in [0.2, 0.25) is 0 Å². The van der Waals surface area contributed by atoms with Crippen molar-refractivity contribution in [3.63, 3.8) is 0 Å². The van der Waals surface area contributed by atoms with Crippen LogP contribution >= 0.6 is 0 Å². The van der Waals surface area contributed by atoms with Gasteiger partial charge in [0.15, 0.2) is 0 Å². The van der Waals surface area contributed by atoms with Crippen molar-refractivity contribution >= 4 is 6.09 Å². The van der Waals surface area contributed by atoms with E-state index in [9.17, 15) is 4.79 Å². The molecule has 0 saturated carbocycles. The average molecular weight is 294 g/mol. The predicted molar refractivity (Wildman–Crippen MR) is 85.4 cm³/mol. The molecule has 1 atom stereocenters. The Morgan fingerprint density at radius 3 is 2.43 bits per heavy atom. The van der Waals surface area contributed by atoms with Gasteiger partial charge >= 0.3 is 6.09 Å². The molecular weight excluding hydrogens is 264 g/mol. The maximum Gasteiger partial charge on any atom is 0.410 e. The van der Waals surface area contributed by atoms with Crippen LogP contribution in [0.25, 0.3) is 0 Å². The molecule has 0 aromatic heterocycles. The number of hydrogen-bond donors (Lipinski definition) is 1. The SMILES string of the molecule is O=C(OC1C=CCCCCCCCCC1)N1CCNCC1. The molecule has 1 aliphatic heterocycles. The number of nitrogens with one attached hydrogen (secondary N) is 1. The van der Waals surface area contributed by atoms with E-state index in [4.69, 9.17) is 4.74 Å². The van der Waals surface area contributed by atoms with Crippen LogP contribution in [0.2, 0.25) is 0 Å². The van der Waals surface area contributed by atoms with Gasteiger partial charge in [-0.2, -0.15) is 0 Å². The molecule has 4 nitrogen and oxygen atoms in total. The summed E-state index contributed by atoms with van der Waals surface area (Å²) in [5.74, 6) is 0. The molecule has 1 fully saturated rings. The van der Waals surface area contributed by atoms with Crippen LogP contribution in [0.15, 0.2) is 12.2 Å². The highest BCUT2D eigenvalue weighted by Crippen LogP contribution is 2.16. The molecule has 2 rings (SSSR count). The van der Waals surface area contributed by atoms with Gasteiger partial charge in [0.05, 0.1) is 0 Å². The van der Waals surface area contributed by atoms with E-state index >= 15 is 0 Å². The van der Waals surface area contributed by atoms with Crippen LogP contribution in [0.1, 0.15) is 57.8 Å². The summed E-state index contributed by atoms with van der Waals surface area (Å²) < 4.78 is 5.71. The first-order valence-electron chi connectivity index (χ1n) is 8.69. The third kappa shape index (κ3) is 6.51. The smallest absolute Gasteiger partial charge is 0.410 e. The molecule has 1 saturated heterocycles. The van der Waals surface area contributed by atoms with Crippen LogP contribution in [0.3, 0.4) is 0 Å². The van der Waals surface area contributed by atoms with Crippen LogP contribution in [0.4, 0.5) is 4.79 Å². The van der Waals surface area contributed by atoms with Crippen molar-refractivity contribution in [3.05, 3.63) is 12.2 Å². The van der Waals surface area contributed by atoms with E-state index < -0.39 is 0 Å². The number of allylic oxidation sites excluding steroid dienone is 1. The Kier molecular flexibility index (Phi) is 7.65. The third-order valence-corrected chi connectivity index (χ3v) is 4.34. The average Bonchev–Trinajstić information content (AvgIpc) is 2.51. The molecule has 0 spiro atoms. The van der Waals surface area contributed by atoms with E-state index in [0.717, 1.165) is 45.4 Å². The summed E-state index contributed by atoms with van der Waals surface area (Å²) in [6.07, 6.45) is 15.3. The number of ether oxygens (including phenoxy) is 1. The molecule has 0 bridgehead atoms. The quantitative estimate of drug-likeness (QED) is 0.753. The van der Waals surface area contributed by atoms with Crippen molar-refractivity contribution in [2.24, 2.45) is 0 Å². The monoisotopic (exact) mass is 294 g/mol. The van der Waals surface area contributed by atoms with E-state index in [-0.39, 0.29) is 12.2 Å². The van der Waals surface area contributed by atoms with Crippen LogP contribution in [0.5, 0.6) is 0 Å².